The first kappa shape index (κ1) is 19.3. The quantitative estimate of drug-likeness (QED) is 0.572. The number of benzene rings is 1. The molecule has 1 atom stereocenters. The molecular weight excluding hydrogens is 316 g/mol. The van der Waals surface area contributed by atoms with Crippen LogP contribution in [0.2, 0.25) is 0 Å². The summed E-state index contributed by atoms with van der Waals surface area (Å²) in [5, 5.41) is 14.7. The zero-order chi connectivity index (χ0) is 18.5. The molecule has 1 aromatic carbocycles. The van der Waals surface area contributed by atoms with E-state index in [9.17, 15) is 19.5 Å². The molecule has 0 bridgehead atoms. The first-order valence-electron chi connectivity index (χ1n) is 7.25. The summed E-state index contributed by atoms with van der Waals surface area (Å²) in [4.78, 5) is 35.0. The van der Waals surface area contributed by atoms with Crippen LogP contribution in [0, 0.1) is 0 Å². The molecule has 8 nitrogen and oxygen atoms in total. The van der Waals surface area contributed by atoms with Gasteiger partial charge < -0.3 is 25.2 Å². The minimum atomic E-state index is -0.889. The van der Waals surface area contributed by atoms with Gasteiger partial charge in [0.15, 0.2) is 0 Å². The largest absolute Gasteiger partial charge is 0.506 e. The second-order valence-corrected chi connectivity index (χ2v) is 6.08. The number of rotatable bonds is 4. The second kappa shape index (κ2) is 7.67. The van der Waals surface area contributed by atoms with E-state index in [1.54, 1.807) is 20.8 Å². The molecule has 0 aliphatic rings. The molecule has 8 heteroatoms. The number of alkyl carbamates (subject to hydrolysis) is 1. The van der Waals surface area contributed by atoms with Crippen molar-refractivity contribution < 1.29 is 29.0 Å². The van der Waals surface area contributed by atoms with Crippen molar-refractivity contribution in [3.63, 3.8) is 0 Å². The number of aromatic hydroxyl groups is 1. The van der Waals surface area contributed by atoms with Crippen LogP contribution in [0.5, 0.6) is 5.75 Å². The van der Waals surface area contributed by atoms with Crippen LogP contribution in [-0.4, -0.2) is 41.8 Å². The van der Waals surface area contributed by atoms with Gasteiger partial charge in [-0.15, -0.1) is 0 Å². The Kier molecular flexibility index (Phi) is 6.16. The molecule has 0 aliphatic carbocycles. The summed E-state index contributed by atoms with van der Waals surface area (Å²) in [6.45, 7) is 6.59. The Morgan fingerprint density at radius 2 is 1.83 bits per heavy atom. The van der Waals surface area contributed by atoms with E-state index in [0.29, 0.717) is 0 Å². The van der Waals surface area contributed by atoms with E-state index in [1.165, 1.54) is 32.2 Å². The van der Waals surface area contributed by atoms with E-state index in [2.05, 4.69) is 15.4 Å². The van der Waals surface area contributed by atoms with Crippen molar-refractivity contribution in [3.05, 3.63) is 23.8 Å². The monoisotopic (exact) mass is 338 g/mol. The third-order valence-corrected chi connectivity index (χ3v) is 2.80. The van der Waals surface area contributed by atoms with Gasteiger partial charge in [-0.05, 0) is 45.9 Å². The summed E-state index contributed by atoms with van der Waals surface area (Å²) in [5.41, 5.74) is -0.430. The lowest BCUT2D eigenvalue weighted by atomic mass is 10.2. The molecule has 0 saturated heterocycles. The number of amides is 2. The fourth-order valence-electron chi connectivity index (χ4n) is 1.67. The highest BCUT2D eigenvalue weighted by Gasteiger charge is 2.21. The van der Waals surface area contributed by atoms with Crippen LogP contribution in [-0.2, 0) is 14.3 Å². The second-order valence-electron chi connectivity index (χ2n) is 6.08. The summed E-state index contributed by atoms with van der Waals surface area (Å²) in [5.74, 6) is -1.46. The molecule has 1 rings (SSSR count). The van der Waals surface area contributed by atoms with Crippen LogP contribution in [0.3, 0.4) is 0 Å². The predicted octanol–water partition coefficient (Wildman–Crippen LogP) is 2.03. The van der Waals surface area contributed by atoms with Crippen LogP contribution in [0.1, 0.15) is 38.1 Å². The zero-order valence-electron chi connectivity index (χ0n) is 14.3. The summed E-state index contributed by atoms with van der Waals surface area (Å²) in [6.07, 6.45) is -0.726. The maximum absolute atomic E-state index is 12.1. The number of hydrogen-bond acceptors (Lipinski definition) is 6. The topological polar surface area (TPSA) is 114 Å². The number of ether oxygens (including phenoxy) is 2. The minimum absolute atomic E-state index is 0.102. The number of hydrogen-bond donors (Lipinski definition) is 3. The lowest BCUT2D eigenvalue weighted by Crippen LogP contribution is -2.43. The van der Waals surface area contributed by atoms with E-state index in [4.69, 9.17) is 4.74 Å². The van der Waals surface area contributed by atoms with E-state index < -0.39 is 29.6 Å². The molecule has 0 saturated carbocycles. The molecule has 24 heavy (non-hydrogen) atoms. The number of phenols is 1. The van der Waals surface area contributed by atoms with E-state index >= 15 is 0 Å². The normalized spacial score (nSPS) is 12.0. The van der Waals surface area contributed by atoms with Gasteiger partial charge in [0.2, 0.25) is 5.91 Å². The lowest BCUT2D eigenvalue weighted by molar-refractivity contribution is -0.117. The molecule has 0 fully saturated rings. The molecule has 0 heterocycles. The van der Waals surface area contributed by atoms with Gasteiger partial charge in [0.25, 0.3) is 0 Å². The molecule has 0 aliphatic heterocycles. The smallest absolute Gasteiger partial charge is 0.408 e. The summed E-state index contributed by atoms with van der Waals surface area (Å²) >= 11 is 0. The maximum atomic E-state index is 12.1. The molecule has 3 N–H and O–H groups in total. The fraction of sp³-hybridized carbons (Fsp3) is 0.438. The maximum Gasteiger partial charge on any atom is 0.408 e. The number of esters is 1. The van der Waals surface area contributed by atoms with Gasteiger partial charge in [-0.2, -0.15) is 0 Å². The Labute approximate surface area is 140 Å². The van der Waals surface area contributed by atoms with Crippen molar-refractivity contribution in [1.29, 1.82) is 0 Å². The SMILES string of the molecule is COC(=O)c1ccc(NC(=O)[C@H](C)NC(=O)OC(C)(C)C)c(O)c1. The van der Waals surface area contributed by atoms with Crippen LogP contribution >= 0.6 is 0 Å². The number of methoxy groups -OCH3 is 1. The standard InChI is InChI=1S/C16H22N2O6/c1-9(17-15(22)24-16(2,3)4)13(20)18-11-7-6-10(8-12(11)19)14(21)23-5/h6-9,19H,1-5H3,(H,17,22)(H,18,20)/t9-/m0/s1. The summed E-state index contributed by atoms with van der Waals surface area (Å²) < 4.78 is 9.59. The summed E-state index contributed by atoms with van der Waals surface area (Å²) in [7, 11) is 1.22. The van der Waals surface area contributed by atoms with Crippen molar-refractivity contribution >= 4 is 23.7 Å². The zero-order valence-corrected chi connectivity index (χ0v) is 14.3. The Hall–Kier alpha value is -2.77. The van der Waals surface area contributed by atoms with Crippen molar-refractivity contribution in [2.24, 2.45) is 0 Å². The highest BCUT2D eigenvalue weighted by molar-refractivity contribution is 5.98. The molecule has 0 aromatic heterocycles. The van der Waals surface area contributed by atoms with Gasteiger partial charge in [-0.1, -0.05) is 0 Å². The van der Waals surface area contributed by atoms with Gasteiger partial charge in [0.05, 0.1) is 18.4 Å². The van der Waals surface area contributed by atoms with Gasteiger partial charge in [-0.3, -0.25) is 4.79 Å². The Morgan fingerprint density at radius 3 is 2.33 bits per heavy atom. The highest BCUT2D eigenvalue weighted by Crippen LogP contribution is 2.24. The number of nitrogens with one attached hydrogen (secondary N) is 2. The van der Waals surface area contributed by atoms with Crippen molar-refractivity contribution in [2.45, 2.75) is 39.3 Å². The average molecular weight is 338 g/mol. The molecule has 0 spiro atoms. The number of carbonyl (C=O) groups excluding carboxylic acids is 3. The molecular formula is C16H22N2O6. The third kappa shape index (κ3) is 5.79. The van der Waals surface area contributed by atoms with Crippen molar-refractivity contribution in [2.75, 3.05) is 12.4 Å². The first-order chi connectivity index (χ1) is 11.0. The molecule has 0 radical (unpaired) electrons. The van der Waals surface area contributed by atoms with Crippen LogP contribution < -0.4 is 10.6 Å². The Morgan fingerprint density at radius 1 is 1.21 bits per heavy atom. The van der Waals surface area contributed by atoms with Crippen molar-refractivity contribution in [3.8, 4) is 5.75 Å². The van der Waals surface area contributed by atoms with Gasteiger partial charge in [0.1, 0.15) is 17.4 Å². The van der Waals surface area contributed by atoms with Crippen LogP contribution in [0.15, 0.2) is 18.2 Å². The Bertz CT molecular complexity index is 636. The van der Waals surface area contributed by atoms with Gasteiger partial charge >= 0.3 is 12.1 Å². The third-order valence-electron chi connectivity index (χ3n) is 2.80. The van der Waals surface area contributed by atoms with Gasteiger partial charge in [-0.25, -0.2) is 9.59 Å². The summed E-state index contributed by atoms with van der Waals surface area (Å²) in [6, 6.07) is 3.04. The lowest BCUT2D eigenvalue weighted by Gasteiger charge is -2.21. The van der Waals surface area contributed by atoms with Crippen LogP contribution in [0.4, 0.5) is 10.5 Å². The predicted molar refractivity (Wildman–Crippen MR) is 86.9 cm³/mol. The van der Waals surface area contributed by atoms with Gasteiger partial charge in [0, 0.05) is 0 Å². The van der Waals surface area contributed by atoms with E-state index in [0.717, 1.165) is 0 Å². The highest BCUT2D eigenvalue weighted by atomic mass is 16.6. The van der Waals surface area contributed by atoms with Crippen molar-refractivity contribution in [1.82, 2.24) is 5.32 Å². The first-order valence-corrected chi connectivity index (χ1v) is 7.25. The molecule has 2 amide bonds. The molecule has 1 aromatic rings. The van der Waals surface area contributed by atoms with Crippen LogP contribution in [0.25, 0.3) is 0 Å². The van der Waals surface area contributed by atoms with E-state index in [-0.39, 0.29) is 17.0 Å². The average Bonchev–Trinajstić information content (AvgIpc) is 2.46. The van der Waals surface area contributed by atoms with E-state index in [1.807, 2.05) is 0 Å². The Balaban J connectivity index is 2.70. The number of carbonyl (C=O) groups is 3. The minimum Gasteiger partial charge on any atom is -0.506 e. The molecule has 0 unspecified atom stereocenters. The molecule has 132 valence electrons. The fourth-order valence-corrected chi connectivity index (χ4v) is 1.67. The number of phenolic OH excluding ortho intramolecular Hbond substituents is 1. The number of anilines is 1.